The lowest BCUT2D eigenvalue weighted by Gasteiger charge is -2.18. The van der Waals surface area contributed by atoms with Gasteiger partial charge in [0.15, 0.2) is 0 Å². The Labute approximate surface area is 113 Å². The van der Waals surface area contributed by atoms with Gasteiger partial charge in [0.05, 0.1) is 19.5 Å². The second-order valence-corrected chi connectivity index (χ2v) is 3.96. The first kappa shape index (κ1) is 15.3. The molecule has 0 saturated heterocycles. The molecule has 0 amide bonds. The van der Waals surface area contributed by atoms with Crippen LogP contribution in [0.2, 0.25) is 0 Å². The van der Waals surface area contributed by atoms with Gasteiger partial charge in [-0.1, -0.05) is 18.1 Å². The van der Waals surface area contributed by atoms with E-state index in [1.54, 1.807) is 0 Å². The van der Waals surface area contributed by atoms with Gasteiger partial charge in [-0.3, -0.25) is 0 Å². The van der Waals surface area contributed by atoms with E-state index in [0.29, 0.717) is 6.61 Å². The SMILES string of the molecule is C#Cc1ccc(COC[C@@H](OC)[C@H](O)C=CO)cc1. The van der Waals surface area contributed by atoms with Crippen LogP contribution in [0.5, 0.6) is 0 Å². The van der Waals surface area contributed by atoms with Gasteiger partial charge in [-0.2, -0.15) is 0 Å². The van der Waals surface area contributed by atoms with E-state index in [1.807, 2.05) is 24.3 Å². The molecule has 2 N–H and O–H groups in total. The minimum atomic E-state index is -0.904. The summed E-state index contributed by atoms with van der Waals surface area (Å²) in [5, 5.41) is 18.2. The van der Waals surface area contributed by atoms with Crippen LogP contribution in [-0.2, 0) is 16.1 Å². The summed E-state index contributed by atoms with van der Waals surface area (Å²) in [4.78, 5) is 0. The fourth-order valence-electron chi connectivity index (χ4n) is 1.51. The maximum atomic E-state index is 9.60. The minimum absolute atomic E-state index is 0.221. The molecule has 1 rings (SSSR count). The van der Waals surface area contributed by atoms with Crippen LogP contribution >= 0.6 is 0 Å². The molecular formula is C15H18O4. The van der Waals surface area contributed by atoms with Crippen LogP contribution in [0.1, 0.15) is 11.1 Å². The van der Waals surface area contributed by atoms with Crippen LogP contribution in [0.4, 0.5) is 0 Å². The monoisotopic (exact) mass is 262 g/mol. The lowest BCUT2D eigenvalue weighted by atomic mass is 10.1. The van der Waals surface area contributed by atoms with Crippen LogP contribution in [0.15, 0.2) is 36.6 Å². The Morgan fingerprint density at radius 2 is 2.05 bits per heavy atom. The molecule has 0 saturated carbocycles. The average molecular weight is 262 g/mol. The fourth-order valence-corrected chi connectivity index (χ4v) is 1.51. The van der Waals surface area contributed by atoms with Gasteiger partial charge >= 0.3 is 0 Å². The van der Waals surface area contributed by atoms with Gasteiger partial charge in [-0.05, 0) is 23.8 Å². The molecule has 0 spiro atoms. The fraction of sp³-hybridized carbons (Fsp3) is 0.333. The summed E-state index contributed by atoms with van der Waals surface area (Å²) in [6, 6.07) is 7.47. The molecule has 0 fully saturated rings. The summed E-state index contributed by atoms with van der Waals surface area (Å²) in [7, 11) is 1.48. The van der Waals surface area contributed by atoms with Gasteiger partial charge in [0.2, 0.25) is 0 Å². The maximum absolute atomic E-state index is 9.60. The molecule has 0 unspecified atom stereocenters. The van der Waals surface area contributed by atoms with E-state index < -0.39 is 12.2 Å². The summed E-state index contributed by atoms with van der Waals surface area (Å²) in [6.07, 6.45) is 5.87. The second kappa shape index (κ2) is 8.33. The first-order valence-electron chi connectivity index (χ1n) is 5.86. The van der Waals surface area contributed by atoms with Crippen molar-refractivity contribution in [1.82, 2.24) is 0 Å². The topological polar surface area (TPSA) is 58.9 Å². The smallest absolute Gasteiger partial charge is 0.110 e. The molecule has 1 aromatic carbocycles. The van der Waals surface area contributed by atoms with E-state index in [9.17, 15) is 5.11 Å². The minimum Gasteiger partial charge on any atom is -0.516 e. The second-order valence-electron chi connectivity index (χ2n) is 3.96. The Hall–Kier alpha value is -1.80. The zero-order valence-corrected chi connectivity index (χ0v) is 10.8. The average Bonchev–Trinajstić information content (AvgIpc) is 2.44. The first-order chi connectivity index (χ1) is 9.21. The number of aliphatic hydroxyl groups excluding tert-OH is 2. The summed E-state index contributed by atoms with van der Waals surface area (Å²) < 4.78 is 10.5. The van der Waals surface area contributed by atoms with Gasteiger partial charge in [0, 0.05) is 12.7 Å². The largest absolute Gasteiger partial charge is 0.516 e. The molecule has 0 aliphatic carbocycles. The normalized spacial score (nSPS) is 14.2. The van der Waals surface area contributed by atoms with Gasteiger partial charge in [0.1, 0.15) is 12.2 Å². The van der Waals surface area contributed by atoms with Crippen molar-refractivity contribution < 1.29 is 19.7 Å². The Kier molecular flexibility index (Phi) is 6.69. The maximum Gasteiger partial charge on any atom is 0.110 e. The molecule has 0 heterocycles. The number of benzene rings is 1. The van der Waals surface area contributed by atoms with E-state index >= 15 is 0 Å². The van der Waals surface area contributed by atoms with E-state index in [1.165, 1.54) is 13.2 Å². The van der Waals surface area contributed by atoms with Crippen molar-refractivity contribution in [2.24, 2.45) is 0 Å². The van der Waals surface area contributed by atoms with Crippen molar-refractivity contribution in [3.05, 3.63) is 47.7 Å². The molecule has 0 bridgehead atoms. The highest BCUT2D eigenvalue weighted by atomic mass is 16.5. The number of aliphatic hydroxyl groups is 2. The van der Waals surface area contributed by atoms with Gasteiger partial charge < -0.3 is 19.7 Å². The standard InChI is InChI=1S/C15H18O4/c1-3-12-4-6-13(7-5-12)10-19-11-15(18-2)14(17)8-9-16/h1,4-9,14-17H,10-11H2,2H3/t14-,15-/m1/s1. The van der Waals surface area contributed by atoms with Crippen molar-refractivity contribution in [3.63, 3.8) is 0 Å². The first-order valence-corrected chi connectivity index (χ1v) is 5.86. The molecule has 0 aliphatic rings. The predicted octanol–water partition coefficient (Wildman–Crippen LogP) is 1.63. The molecule has 0 radical (unpaired) electrons. The highest BCUT2D eigenvalue weighted by Crippen LogP contribution is 2.07. The zero-order chi connectivity index (χ0) is 14.1. The van der Waals surface area contributed by atoms with E-state index in [0.717, 1.165) is 17.4 Å². The van der Waals surface area contributed by atoms with Gasteiger partial charge in [-0.25, -0.2) is 0 Å². The van der Waals surface area contributed by atoms with E-state index in [2.05, 4.69) is 5.92 Å². The van der Waals surface area contributed by atoms with Crippen LogP contribution in [0.3, 0.4) is 0 Å². The molecule has 4 nitrogen and oxygen atoms in total. The van der Waals surface area contributed by atoms with Crippen LogP contribution in [0, 0.1) is 12.3 Å². The van der Waals surface area contributed by atoms with Crippen molar-refractivity contribution in [1.29, 1.82) is 0 Å². The molecule has 19 heavy (non-hydrogen) atoms. The Bertz CT molecular complexity index is 430. The lowest BCUT2D eigenvalue weighted by molar-refractivity contribution is -0.0485. The van der Waals surface area contributed by atoms with Crippen molar-refractivity contribution in [3.8, 4) is 12.3 Å². The zero-order valence-electron chi connectivity index (χ0n) is 10.8. The third-order valence-corrected chi connectivity index (χ3v) is 2.64. The summed E-state index contributed by atoms with van der Waals surface area (Å²) in [5.41, 5.74) is 1.81. The Balaban J connectivity index is 2.41. The van der Waals surface area contributed by atoms with Gasteiger partial charge in [-0.15, -0.1) is 6.42 Å². The Morgan fingerprint density at radius 1 is 1.37 bits per heavy atom. The van der Waals surface area contributed by atoms with Crippen molar-refractivity contribution >= 4 is 0 Å². The molecule has 2 atom stereocenters. The van der Waals surface area contributed by atoms with Crippen LogP contribution < -0.4 is 0 Å². The third kappa shape index (κ3) is 5.14. The molecule has 102 valence electrons. The van der Waals surface area contributed by atoms with Crippen molar-refractivity contribution in [2.75, 3.05) is 13.7 Å². The number of ether oxygens (including phenoxy) is 2. The summed E-state index contributed by atoms with van der Waals surface area (Å²) in [6.45, 7) is 0.624. The number of hydrogen-bond acceptors (Lipinski definition) is 4. The lowest BCUT2D eigenvalue weighted by Crippen LogP contribution is -2.31. The quantitative estimate of drug-likeness (QED) is 0.579. The number of hydrogen-bond donors (Lipinski definition) is 2. The van der Waals surface area contributed by atoms with E-state index in [4.69, 9.17) is 21.0 Å². The third-order valence-electron chi connectivity index (χ3n) is 2.64. The van der Waals surface area contributed by atoms with Crippen LogP contribution in [-0.4, -0.2) is 36.1 Å². The number of methoxy groups -OCH3 is 1. The molecule has 1 aromatic rings. The molecule has 4 heteroatoms. The van der Waals surface area contributed by atoms with Gasteiger partial charge in [0.25, 0.3) is 0 Å². The number of rotatable bonds is 7. The summed E-state index contributed by atoms with van der Waals surface area (Å²) in [5.74, 6) is 2.54. The molecule has 0 aliphatic heterocycles. The highest BCUT2D eigenvalue weighted by Gasteiger charge is 2.16. The van der Waals surface area contributed by atoms with E-state index in [-0.39, 0.29) is 6.61 Å². The predicted molar refractivity (Wildman–Crippen MR) is 72.6 cm³/mol. The number of terminal acetylenes is 1. The summed E-state index contributed by atoms with van der Waals surface area (Å²) >= 11 is 0. The highest BCUT2D eigenvalue weighted by molar-refractivity contribution is 5.33. The van der Waals surface area contributed by atoms with Crippen molar-refractivity contribution in [2.45, 2.75) is 18.8 Å². The Morgan fingerprint density at radius 3 is 2.58 bits per heavy atom. The molecular weight excluding hydrogens is 244 g/mol. The van der Waals surface area contributed by atoms with Crippen LogP contribution in [0.25, 0.3) is 0 Å². The molecule has 0 aromatic heterocycles.